The van der Waals surface area contributed by atoms with Gasteiger partial charge in [0.15, 0.2) is 0 Å². The lowest BCUT2D eigenvalue weighted by molar-refractivity contribution is 0.112. The van der Waals surface area contributed by atoms with Gasteiger partial charge in [0.05, 0.1) is 17.8 Å². The summed E-state index contributed by atoms with van der Waals surface area (Å²) in [5.41, 5.74) is 1.86. The van der Waals surface area contributed by atoms with Crippen LogP contribution in [0.25, 0.3) is 5.69 Å². The minimum atomic E-state index is -1.32. The molecule has 4 rings (SSSR count). The van der Waals surface area contributed by atoms with E-state index in [4.69, 9.17) is 0 Å². The number of aromatic nitrogens is 2. The summed E-state index contributed by atoms with van der Waals surface area (Å²) in [6, 6.07) is 12.0. The van der Waals surface area contributed by atoms with Gasteiger partial charge in [0.25, 0.3) is 0 Å². The zero-order valence-corrected chi connectivity index (χ0v) is 19.7. The van der Waals surface area contributed by atoms with Crippen molar-refractivity contribution in [2.75, 3.05) is 6.54 Å². The van der Waals surface area contributed by atoms with E-state index in [-0.39, 0.29) is 24.1 Å². The fourth-order valence-corrected chi connectivity index (χ4v) is 4.93. The van der Waals surface area contributed by atoms with Crippen LogP contribution in [0.15, 0.2) is 60.9 Å². The minimum absolute atomic E-state index is 0.0563. The monoisotopic (exact) mass is 484 g/mol. The molecule has 35 heavy (non-hydrogen) atoms. The van der Waals surface area contributed by atoms with Crippen LogP contribution in [0.2, 0.25) is 0 Å². The van der Waals surface area contributed by atoms with Crippen LogP contribution in [0, 0.1) is 23.5 Å². The molecule has 0 spiro atoms. The summed E-state index contributed by atoms with van der Waals surface area (Å²) >= 11 is 0. The van der Waals surface area contributed by atoms with Crippen molar-refractivity contribution in [1.82, 2.24) is 20.4 Å². The molecule has 1 amide bonds. The molecule has 2 aromatic carbocycles. The molecule has 0 aliphatic heterocycles. The Balaban J connectivity index is 1.53. The molecule has 3 aromatic rings. The second-order valence-corrected chi connectivity index (χ2v) is 9.51. The number of rotatable bonds is 10. The lowest BCUT2D eigenvalue weighted by atomic mass is 9.95. The van der Waals surface area contributed by atoms with Crippen LogP contribution in [0.5, 0.6) is 0 Å². The Hall–Kier alpha value is -3.30. The second-order valence-electron chi connectivity index (χ2n) is 9.51. The first-order valence-electron chi connectivity index (χ1n) is 11.7. The molecule has 1 heterocycles. The summed E-state index contributed by atoms with van der Waals surface area (Å²) in [6.07, 6.45) is 1.94. The zero-order valence-electron chi connectivity index (χ0n) is 19.7. The number of hydrogen-bond donors (Lipinski definition) is 4. The Labute approximate surface area is 202 Å². The molecular formula is C26H30F2N4O3. The van der Waals surface area contributed by atoms with E-state index in [0.717, 1.165) is 35.9 Å². The summed E-state index contributed by atoms with van der Waals surface area (Å²) in [7, 11) is 0. The number of carboxylic acid groups (broad SMARTS) is 1. The van der Waals surface area contributed by atoms with Crippen LogP contribution in [0.3, 0.4) is 0 Å². The van der Waals surface area contributed by atoms with Gasteiger partial charge in [-0.3, -0.25) is 0 Å². The van der Waals surface area contributed by atoms with Gasteiger partial charge < -0.3 is 20.8 Å². The molecule has 4 atom stereocenters. The van der Waals surface area contributed by atoms with E-state index in [0.29, 0.717) is 11.8 Å². The highest BCUT2D eigenvalue weighted by Crippen LogP contribution is 2.56. The molecule has 7 nitrogen and oxygen atoms in total. The molecule has 4 N–H and O–H groups in total. The molecule has 0 saturated heterocycles. The minimum Gasteiger partial charge on any atom is -0.465 e. The van der Waals surface area contributed by atoms with Gasteiger partial charge in [0.1, 0.15) is 11.6 Å². The van der Waals surface area contributed by atoms with Crippen molar-refractivity contribution < 1.29 is 23.8 Å². The van der Waals surface area contributed by atoms with Crippen LogP contribution < -0.4 is 10.6 Å². The molecule has 1 fully saturated rings. The highest BCUT2D eigenvalue weighted by molar-refractivity contribution is 5.65. The first-order valence-corrected chi connectivity index (χ1v) is 11.7. The smallest absolute Gasteiger partial charge is 0.404 e. The SMILES string of the molecule is CC(C)C1CC1(NCC(O)C(Cc1cc(F)cc(F)c1)NC(=O)O)c1cccc(-n2cccn2)c1. The maximum absolute atomic E-state index is 13.6. The zero-order chi connectivity index (χ0) is 25.2. The standard InChI is InChI=1S/C26H30F2N4O3/c1-16(2)22-14-26(22,18-5-3-6-21(12-18)32-8-4-7-30-32)29-15-24(33)23(31-25(34)35)11-17-9-19(27)13-20(28)10-17/h3-10,12-13,16,22-24,29,31,33H,11,14-15H2,1-2H3,(H,34,35). The van der Waals surface area contributed by atoms with Crippen LogP contribution in [0.1, 0.15) is 31.4 Å². The number of nitrogens with zero attached hydrogens (tertiary/aromatic N) is 2. The molecule has 9 heteroatoms. The molecular weight excluding hydrogens is 454 g/mol. The molecule has 4 unspecified atom stereocenters. The number of carbonyl (C=O) groups is 1. The van der Waals surface area contributed by atoms with Crippen molar-refractivity contribution in [3.63, 3.8) is 0 Å². The lowest BCUT2D eigenvalue weighted by Gasteiger charge is -2.28. The van der Waals surface area contributed by atoms with E-state index in [1.807, 2.05) is 30.5 Å². The van der Waals surface area contributed by atoms with Crippen molar-refractivity contribution in [3.05, 3.63) is 83.7 Å². The van der Waals surface area contributed by atoms with Crippen molar-refractivity contribution in [2.24, 2.45) is 11.8 Å². The third-order valence-corrected chi connectivity index (χ3v) is 6.73. The van der Waals surface area contributed by atoms with Gasteiger partial charge in [0, 0.05) is 30.5 Å². The maximum Gasteiger partial charge on any atom is 0.404 e. The van der Waals surface area contributed by atoms with Gasteiger partial charge in [0.2, 0.25) is 0 Å². The van der Waals surface area contributed by atoms with E-state index in [1.165, 1.54) is 0 Å². The van der Waals surface area contributed by atoms with E-state index in [9.17, 15) is 23.8 Å². The van der Waals surface area contributed by atoms with Gasteiger partial charge in [-0.05, 0) is 66.1 Å². The average Bonchev–Trinajstić information content (AvgIpc) is 3.29. The van der Waals surface area contributed by atoms with Gasteiger partial charge in [-0.15, -0.1) is 0 Å². The van der Waals surface area contributed by atoms with Crippen LogP contribution in [0.4, 0.5) is 13.6 Å². The fraction of sp³-hybridized carbons (Fsp3) is 0.385. The Morgan fingerprint density at radius 1 is 1.20 bits per heavy atom. The van der Waals surface area contributed by atoms with Crippen molar-refractivity contribution in [3.8, 4) is 5.69 Å². The Bertz CT molecular complexity index is 1150. The molecule has 1 aliphatic rings. The maximum atomic E-state index is 13.6. The van der Waals surface area contributed by atoms with Gasteiger partial charge in [-0.25, -0.2) is 18.3 Å². The number of aliphatic hydroxyl groups excluding tert-OH is 1. The topological polar surface area (TPSA) is 99.4 Å². The lowest BCUT2D eigenvalue weighted by Crippen LogP contribution is -2.50. The largest absolute Gasteiger partial charge is 0.465 e. The number of aliphatic hydroxyl groups is 1. The van der Waals surface area contributed by atoms with Gasteiger partial charge in [-0.1, -0.05) is 26.0 Å². The predicted octanol–water partition coefficient (Wildman–Crippen LogP) is 3.85. The van der Waals surface area contributed by atoms with Crippen LogP contribution in [-0.2, 0) is 12.0 Å². The van der Waals surface area contributed by atoms with Crippen molar-refractivity contribution in [2.45, 2.75) is 44.4 Å². The van der Waals surface area contributed by atoms with Crippen molar-refractivity contribution >= 4 is 6.09 Å². The number of benzene rings is 2. The molecule has 1 aliphatic carbocycles. The number of halogens is 2. The van der Waals surface area contributed by atoms with Crippen LogP contribution in [-0.4, -0.2) is 44.8 Å². The van der Waals surface area contributed by atoms with Gasteiger partial charge >= 0.3 is 6.09 Å². The second kappa shape index (κ2) is 10.1. The number of nitrogens with one attached hydrogen (secondary N) is 2. The molecule has 1 saturated carbocycles. The third-order valence-electron chi connectivity index (χ3n) is 6.73. The molecule has 186 valence electrons. The Morgan fingerprint density at radius 3 is 2.54 bits per heavy atom. The quantitative estimate of drug-likeness (QED) is 0.350. The number of hydrogen-bond acceptors (Lipinski definition) is 4. The predicted molar refractivity (Wildman–Crippen MR) is 127 cm³/mol. The third kappa shape index (κ3) is 5.68. The first-order chi connectivity index (χ1) is 16.7. The van der Waals surface area contributed by atoms with E-state index >= 15 is 0 Å². The molecule has 0 radical (unpaired) electrons. The summed E-state index contributed by atoms with van der Waals surface area (Å²) in [5, 5.41) is 30.3. The molecule has 0 bridgehead atoms. The summed E-state index contributed by atoms with van der Waals surface area (Å²) in [6.45, 7) is 4.39. The normalized spacial score (nSPS) is 21.0. The highest BCUT2D eigenvalue weighted by atomic mass is 19.1. The van der Waals surface area contributed by atoms with E-state index < -0.39 is 29.9 Å². The first kappa shape index (κ1) is 24.8. The Morgan fingerprint density at radius 2 is 1.94 bits per heavy atom. The summed E-state index contributed by atoms with van der Waals surface area (Å²) < 4.78 is 29.1. The summed E-state index contributed by atoms with van der Waals surface area (Å²) in [5.74, 6) is -0.798. The fourth-order valence-electron chi connectivity index (χ4n) is 4.93. The Kier molecular flexibility index (Phi) is 7.18. The van der Waals surface area contributed by atoms with Crippen LogP contribution >= 0.6 is 0 Å². The molecule has 1 aromatic heterocycles. The number of amides is 1. The summed E-state index contributed by atoms with van der Waals surface area (Å²) in [4.78, 5) is 11.4. The van der Waals surface area contributed by atoms with E-state index in [1.54, 1.807) is 10.9 Å². The highest BCUT2D eigenvalue weighted by Gasteiger charge is 2.56. The van der Waals surface area contributed by atoms with Crippen molar-refractivity contribution in [1.29, 1.82) is 0 Å². The van der Waals surface area contributed by atoms with E-state index in [2.05, 4.69) is 35.6 Å². The van der Waals surface area contributed by atoms with Gasteiger partial charge in [-0.2, -0.15) is 5.10 Å². The average molecular weight is 485 g/mol.